The van der Waals surface area contributed by atoms with Gasteiger partial charge in [0.2, 0.25) is 0 Å². The van der Waals surface area contributed by atoms with Gasteiger partial charge in [0.25, 0.3) is 0 Å². The van der Waals surface area contributed by atoms with Gasteiger partial charge in [0.05, 0.1) is 0 Å². The summed E-state index contributed by atoms with van der Waals surface area (Å²) in [5, 5.41) is 4.09. The number of pyridine rings is 1. The van der Waals surface area contributed by atoms with Crippen molar-refractivity contribution in [1.29, 1.82) is 0 Å². The van der Waals surface area contributed by atoms with E-state index < -0.39 is 0 Å². The molecule has 0 atom stereocenters. The topological polar surface area (TPSA) is 24.9 Å². The van der Waals surface area contributed by atoms with E-state index in [4.69, 9.17) is 11.6 Å². The fraction of sp³-hybridized carbons (Fsp3) is 0.615. The summed E-state index contributed by atoms with van der Waals surface area (Å²) in [5.41, 5.74) is 1.61. The Labute approximate surface area is 102 Å². The predicted octanol–water partition coefficient (Wildman–Crippen LogP) is 4.12. The van der Waals surface area contributed by atoms with Crippen LogP contribution in [0.15, 0.2) is 18.3 Å². The van der Waals surface area contributed by atoms with Crippen LogP contribution in [0.4, 0.5) is 5.69 Å². The van der Waals surface area contributed by atoms with Crippen LogP contribution in [0.3, 0.4) is 0 Å². The number of anilines is 1. The Morgan fingerprint density at radius 3 is 2.69 bits per heavy atom. The van der Waals surface area contributed by atoms with Crippen molar-refractivity contribution in [2.75, 3.05) is 5.32 Å². The molecule has 1 fully saturated rings. The highest BCUT2D eigenvalue weighted by Gasteiger charge is 2.26. The third kappa shape index (κ3) is 3.11. The summed E-state index contributed by atoms with van der Waals surface area (Å²) in [4.78, 5) is 3.98. The van der Waals surface area contributed by atoms with E-state index in [1.165, 1.54) is 25.7 Å². The molecule has 1 aromatic heterocycles. The van der Waals surface area contributed by atoms with Crippen LogP contribution < -0.4 is 5.32 Å². The Hall–Kier alpha value is -0.760. The van der Waals surface area contributed by atoms with Crippen LogP contribution in [-0.4, -0.2) is 11.0 Å². The molecule has 1 heterocycles. The fourth-order valence-electron chi connectivity index (χ4n) is 2.27. The lowest BCUT2D eigenvalue weighted by Crippen LogP contribution is -2.29. The first kappa shape index (κ1) is 11.7. The van der Waals surface area contributed by atoms with Crippen molar-refractivity contribution in [3.8, 4) is 0 Å². The Morgan fingerprint density at radius 2 is 2.06 bits per heavy atom. The summed E-state index contributed by atoms with van der Waals surface area (Å²) < 4.78 is 0. The normalized spacial score (nSPS) is 20.7. The molecule has 0 radical (unpaired) electrons. The molecule has 0 spiro atoms. The van der Waals surface area contributed by atoms with Gasteiger partial charge in [-0.05, 0) is 43.2 Å². The van der Waals surface area contributed by atoms with Crippen molar-refractivity contribution in [2.45, 2.75) is 45.6 Å². The van der Waals surface area contributed by atoms with Crippen molar-refractivity contribution < 1.29 is 0 Å². The Kier molecular flexibility index (Phi) is 3.38. The van der Waals surface area contributed by atoms with Gasteiger partial charge in [-0.3, -0.25) is 0 Å². The molecule has 1 aliphatic rings. The molecular formula is C13H19ClN2. The van der Waals surface area contributed by atoms with Gasteiger partial charge in [-0.25, -0.2) is 4.98 Å². The van der Waals surface area contributed by atoms with E-state index in [-0.39, 0.29) is 0 Å². The lowest BCUT2D eigenvalue weighted by atomic mass is 9.75. The molecular weight excluding hydrogens is 220 g/mol. The molecule has 2 nitrogen and oxygen atoms in total. The van der Waals surface area contributed by atoms with E-state index >= 15 is 0 Å². The fourth-order valence-corrected chi connectivity index (χ4v) is 2.45. The molecule has 0 aromatic carbocycles. The maximum Gasteiger partial charge on any atom is 0.131 e. The molecule has 0 saturated heterocycles. The number of rotatable bonds is 2. The van der Waals surface area contributed by atoms with Crippen LogP contribution >= 0.6 is 11.6 Å². The van der Waals surface area contributed by atoms with Crippen LogP contribution in [0.1, 0.15) is 39.5 Å². The van der Waals surface area contributed by atoms with Crippen molar-refractivity contribution in [3.63, 3.8) is 0 Å². The number of halogens is 1. The van der Waals surface area contributed by atoms with E-state index in [0.717, 1.165) is 5.69 Å². The van der Waals surface area contributed by atoms with Gasteiger partial charge in [0.1, 0.15) is 5.15 Å². The summed E-state index contributed by atoms with van der Waals surface area (Å²) in [6, 6.07) is 4.46. The highest BCUT2D eigenvalue weighted by molar-refractivity contribution is 6.29. The summed E-state index contributed by atoms with van der Waals surface area (Å²) >= 11 is 5.86. The number of hydrogen-bond donors (Lipinski definition) is 1. The number of nitrogens with zero attached hydrogens (tertiary/aromatic N) is 1. The quantitative estimate of drug-likeness (QED) is 0.785. The maximum atomic E-state index is 5.86. The third-order valence-corrected chi connectivity index (χ3v) is 3.64. The Bertz CT molecular complexity index is 353. The molecule has 88 valence electrons. The van der Waals surface area contributed by atoms with Gasteiger partial charge < -0.3 is 5.32 Å². The lowest BCUT2D eigenvalue weighted by Gasteiger charge is -2.35. The predicted molar refractivity (Wildman–Crippen MR) is 68.9 cm³/mol. The van der Waals surface area contributed by atoms with E-state index in [1.54, 1.807) is 6.20 Å². The largest absolute Gasteiger partial charge is 0.382 e. The minimum atomic E-state index is 0.522. The molecule has 16 heavy (non-hydrogen) atoms. The third-order valence-electron chi connectivity index (χ3n) is 3.44. The highest BCUT2D eigenvalue weighted by Crippen LogP contribution is 2.36. The van der Waals surface area contributed by atoms with Gasteiger partial charge in [0.15, 0.2) is 0 Å². The molecule has 3 heteroatoms. The van der Waals surface area contributed by atoms with Crippen molar-refractivity contribution in [2.24, 2.45) is 5.41 Å². The standard InChI is InChI=1S/C13H19ClN2/c1-13(2)6-3-10(4-7-13)16-11-5-8-15-12(14)9-11/h5,8-10H,3-4,6-7H2,1-2H3,(H,15,16). The molecule has 2 rings (SSSR count). The van der Waals surface area contributed by atoms with Gasteiger partial charge >= 0.3 is 0 Å². The van der Waals surface area contributed by atoms with Gasteiger partial charge in [0, 0.05) is 17.9 Å². The molecule has 0 bridgehead atoms. The first-order valence-corrected chi connectivity index (χ1v) is 6.31. The monoisotopic (exact) mass is 238 g/mol. The minimum Gasteiger partial charge on any atom is -0.382 e. The molecule has 0 unspecified atom stereocenters. The molecule has 1 N–H and O–H groups in total. The van der Waals surface area contributed by atoms with E-state index in [1.807, 2.05) is 12.1 Å². The van der Waals surface area contributed by atoms with E-state index in [0.29, 0.717) is 16.6 Å². The number of nitrogens with one attached hydrogen (secondary N) is 1. The zero-order valence-electron chi connectivity index (χ0n) is 9.96. The second-order valence-corrected chi connectivity index (χ2v) is 5.84. The molecule has 0 aliphatic heterocycles. The summed E-state index contributed by atoms with van der Waals surface area (Å²) in [6.45, 7) is 4.71. The minimum absolute atomic E-state index is 0.522. The van der Waals surface area contributed by atoms with Gasteiger partial charge in [-0.1, -0.05) is 25.4 Å². The second kappa shape index (κ2) is 4.62. The molecule has 1 aliphatic carbocycles. The van der Waals surface area contributed by atoms with Crippen LogP contribution in [0.2, 0.25) is 5.15 Å². The zero-order valence-corrected chi connectivity index (χ0v) is 10.7. The number of aromatic nitrogens is 1. The SMILES string of the molecule is CC1(C)CCC(Nc2ccnc(Cl)c2)CC1. The molecule has 1 saturated carbocycles. The van der Waals surface area contributed by atoms with Crippen LogP contribution in [0.5, 0.6) is 0 Å². The highest BCUT2D eigenvalue weighted by atomic mass is 35.5. The Morgan fingerprint density at radius 1 is 1.38 bits per heavy atom. The van der Waals surface area contributed by atoms with Crippen molar-refractivity contribution in [1.82, 2.24) is 4.98 Å². The van der Waals surface area contributed by atoms with Gasteiger partial charge in [-0.2, -0.15) is 0 Å². The average Bonchev–Trinajstić information content (AvgIpc) is 2.21. The first-order chi connectivity index (χ1) is 7.55. The summed E-state index contributed by atoms with van der Waals surface area (Å²) in [6.07, 6.45) is 6.82. The van der Waals surface area contributed by atoms with E-state index in [9.17, 15) is 0 Å². The smallest absolute Gasteiger partial charge is 0.131 e. The van der Waals surface area contributed by atoms with Gasteiger partial charge in [-0.15, -0.1) is 0 Å². The van der Waals surface area contributed by atoms with Crippen molar-refractivity contribution >= 4 is 17.3 Å². The Balaban J connectivity index is 1.92. The zero-order chi connectivity index (χ0) is 11.6. The average molecular weight is 239 g/mol. The molecule has 0 amide bonds. The van der Waals surface area contributed by atoms with Crippen LogP contribution in [-0.2, 0) is 0 Å². The molecule has 1 aromatic rings. The van der Waals surface area contributed by atoms with E-state index in [2.05, 4.69) is 24.1 Å². The first-order valence-electron chi connectivity index (χ1n) is 5.93. The lowest BCUT2D eigenvalue weighted by molar-refractivity contribution is 0.232. The second-order valence-electron chi connectivity index (χ2n) is 5.45. The summed E-state index contributed by atoms with van der Waals surface area (Å²) in [5.74, 6) is 0. The van der Waals surface area contributed by atoms with Crippen molar-refractivity contribution in [3.05, 3.63) is 23.5 Å². The summed E-state index contributed by atoms with van der Waals surface area (Å²) in [7, 11) is 0. The maximum absolute atomic E-state index is 5.86. The van der Waals surface area contributed by atoms with Crippen LogP contribution in [0, 0.1) is 5.41 Å². The van der Waals surface area contributed by atoms with Crippen LogP contribution in [0.25, 0.3) is 0 Å². The number of hydrogen-bond acceptors (Lipinski definition) is 2.